The van der Waals surface area contributed by atoms with Crippen LogP contribution in [0.1, 0.15) is 58.8 Å². The number of hydrogen-bond acceptors (Lipinski definition) is 3. The third-order valence-electron chi connectivity index (χ3n) is 5.37. The van der Waals surface area contributed by atoms with Crippen LogP contribution < -0.4 is 5.32 Å². The van der Waals surface area contributed by atoms with Crippen LogP contribution in [0.4, 0.5) is 0 Å². The van der Waals surface area contributed by atoms with E-state index >= 15 is 0 Å². The summed E-state index contributed by atoms with van der Waals surface area (Å²) < 4.78 is 5.32. The first kappa shape index (κ1) is 17.2. The Hall–Kier alpha value is -0.120. The van der Waals surface area contributed by atoms with Gasteiger partial charge in [-0.25, -0.2) is 0 Å². The zero-order valence-corrected chi connectivity index (χ0v) is 14.4. The Balaban J connectivity index is 1.90. The molecule has 0 bridgehead atoms. The van der Waals surface area contributed by atoms with Gasteiger partial charge in [0.05, 0.1) is 6.61 Å². The number of nitrogens with zero attached hydrogens (tertiary/aromatic N) is 1. The first-order chi connectivity index (χ1) is 10.3. The molecule has 2 aliphatic carbocycles. The average molecular weight is 296 g/mol. The Morgan fingerprint density at radius 3 is 2.57 bits per heavy atom. The van der Waals surface area contributed by atoms with Crippen molar-refractivity contribution in [3.63, 3.8) is 0 Å². The normalized spacial score (nSPS) is 30.0. The second-order valence-electron chi connectivity index (χ2n) is 7.11. The van der Waals surface area contributed by atoms with Gasteiger partial charge < -0.3 is 10.1 Å². The van der Waals surface area contributed by atoms with E-state index in [1.165, 1.54) is 51.5 Å². The van der Waals surface area contributed by atoms with E-state index in [1.54, 1.807) is 0 Å². The molecule has 0 heterocycles. The Kier molecular flexibility index (Phi) is 7.48. The summed E-state index contributed by atoms with van der Waals surface area (Å²) in [7, 11) is 1.82. The molecule has 0 aromatic rings. The predicted molar refractivity (Wildman–Crippen MR) is 89.7 cm³/mol. The van der Waals surface area contributed by atoms with Gasteiger partial charge in [-0.2, -0.15) is 0 Å². The van der Waals surface area contributed by atoms with Gasteiger partial charge in [0.15, 0.2) is 0 Å². The summed E-state index contributed by atoms with van der Waals surface area (Å²) in [6, 6.07) is 1.60. The molecule has 3 atom stereocenters. The summed E-state index contributed by atoms with van der Waals surface area (Å²) >= 11 is 0. The van der Waals surface area contributed by atoms with Crippen molar-refractivity contribution in [3.8, 4) is 0 Å². The zero-order valence-electron chi connectivity index (χ0n) is 14.4. The van der Waals surface area contributed by atoms with Gasteiger partial charge in [0.25, 0.3) is 0 Å². The second-order valence-corrected chi connectivity index (χ2v) is 7.11. The molecule has 1 N–H and O–H groups in total. The lowest BCUT2D eigenvalue weighted by Gasteiger charge is -2.39. The molecule has 0 aromatic heterocycles. The topological polar surface area (TPSA) is 24.5 Å². The lowest BCUT2D eigenvalue weighted by atomic mass is 9.76. The van der Waals surface area contributed by atoms with Crippen LogP contribution in [0.3, 0.4) is 0 Å². The van der Waals surface area contributed by atoms with Gasteiger partial charge in [0.1, 0.15) is 0 Å². The number of rotatable bonds is 10. The summed E-state index contributed by atoms with van der Waals surface area (Å²) in [5.74, 6) is 1.81. The number of ether oxygens (including phenoxy) is 1. The molecule has 2 rings (SSSR count). The fraction of sp³-hybridized carbons (Fsp3) is 1.00. The molecule has 2 saturated carbocycles. The van der Waals surface area contributed by atoms with Crippen LogP contribution >= 0.6 is 0 Å². The van der Waals surface area contributed by atoms with Gasteiger partial charge in [-0.05, 0) is 50.5 Å². The molecule has 0 radical (unpaired) electrons. The molecular formula is C18H36N2O. The molecule has 3 nitrogen and oxygen atoms in total. The third kappa shape index (κ3) is 5.54. The van der Waals surface area contributed by atoms with Gasteiger partial charge in [-0.3, -0.25) is 4.90 Å². The van der Waals surface area contributed by atoms with Crippen molar-refractivity contribution in [2.24, 2.45) is 11.8 Å². The molecule has 124 valence electrons. The Morgan fingerprint density at radius 2 is 1.95 bits per heavy atom. The van der Waals surface area contributed by atoms with E-state index in [-0.39, 0.29) is 0 Å². The summed E-state index contributed by atoms with van der Waals surface area (Å²) in [5.41, 5.74) is 0. The monoisotopic (exact) mass is 296 g/mol. The molecular weight excluding hydrogens is 260 g/mol. The molecule has 0 aliphatic heterocycles. The van der Waals surface area contributed by atoms with Crippen molar-refractivity contribution in [2.75, 3.05) is 33.4 Å². The van der Waals surface area contributed by atoms with Crippen LogP contribution in [0, 0.1) is 11.8 Å². The smallest absolute Gasteiger partial charge is 0.0589 e. The standard InChI is InChI=1S/C18H36N2O/c1-4-6-15-7-10-18(19-5-2)16(13-15)14-20(11-12-21-3)17-8-9-17/h15-19H,4-14H2,1-3H3. The number of hydrogen-bond donors (Lipinski definition) is 1. The van der Waals surface area contributed by atoms with E-state index < -0.39 is 0 Å². The largest absolute Gasteiger partial charge is 0.383 e. The zero-order chi connectivity index (χ0) is 15.1. The van der Waals surface area contributed by atoms with Crippen LogP contribution in [0.25, 0.3) is 0 Å². The van der Waals surface area contributed by atoms with Gasteiger partial charge in [0.2, 0.25) is 0 Å². The predicted octanol–water partition coefficient (Wildman–Crippen LogP) is 3.29. The molecule has 3 unspecified atom stereocenters. The van der Waals surface area contributed by atoms with E-state index in [0.717, 1.165) is 43.6 Å². The van der Waals surface area contributed by atoms with Crippen LogP contribution in [0.5, 0.6) is 0 Å². The van der Waals surface area contributed by atoms with Gasteiger partial charge in [0, 0.05) is 32.3 Å². The maximum atomic E-state index is 5.32. The van der Waals surface area contributed by atoms with Gasteiger partial charge in [-0.1, -0.05) is 26.7 Å². The van der Waals surface area contributed by atoms with Crippen molar-refractivity contribution in [2.45, 2.75) is 70.9 Å². The van der Waals surface area contributed by atoms with E-state index in [1.807, 2.05) is 7.11 Å². The molecule has 21 heavy (non-hydrogen) atoms. The molecule has 0 amide bonds. The summed E-state index contributed by atoms with van der Waals surface area (Å²) in [5, 5.41) is 3.76. The van der Waals surface area contributed by atoms with Crippen LogP contribution in [-0.4, -0.2) is 50.3 Å². The fourth-order valence-electron chi connectivity index (χ4n) is 4.14. The summed E-state index contributed by atoms with van der Waals surface area (Å²) in [6.45, 7) is 8.98. The molecule has 0 aromatic carbocycles. The lowest BCUT2D eigenvalue weighted by molar-refractivity contribution is 0.101. The highest BCUT2D eigenvalue weighted by atomic mass is 16.5. The first-order valence-corrected chi connectivity index (χ1v) is 9.24. The summed E-state index contributed by atoms with van der Waals surface area (Å²) in [6.07, 6.45) is 9.83. The maximum absolute atomic E-state index is 5.32. The second kappa shape index (κ2) is 9.12. The molecule has 3 heteroatoms. The highest BCUT2D eigenvalue weighted by Crippen LogP contribution is 2.35. The Labute approximate surface area is 131 Å². The highest BCUT2D eigenvalue weighted by molar-refractivity contribution is 4.91. The third-order valence-corrected chi connectivity index (χ3v) is 5.37. The van der Waals surface area contributed by atoms with Crippen LogP contribution in [0.15, 0.2) is 0 Å². The van der Waals surface area contributed by atoms with E-state index in [0.29, 0.717) is 0 Å². The molecule has 2 aliphatic rings. The lowest BCUT2D eigenvalue weighted by Crippen LogP contribution is -2.47. The van der Waals surface area contributed by atoms with E-state index in [2.05, 4.69) is 24.1 Å². The maximum Gasteiger partial charge on any atom is 0.0589 e. The van der Waals surface area contributed by atoms with Gasteiger partial charge >= 0.3 is 0 Å². The number of methoxy groups -OCH3 is 1. The minimum absolute atomic E-state index is 0.743. The first-order valence-electron chi connectivity index (χ1n) is 9.24. The van der Waals surface area contributed by atoms with Crippen molar-refractivity contribution < 1.29 is 4.74 Å². The molecule has 0 saturated heterocycles. The number of nitrogens with one attached hydrogen (secondary N) is 1. The van der Waals surface area contributed by atoms with E-state index in [4.69, 9.17) is 4.74 Å². The fourth-order valence-corrected chi connectivity index (χ4v) is 4.14. The highest BCUT2D eigenvalue weighted by Gasteiger charge is 2.35. The van der Waals surface area contributed by atoms with Gasteiger partial charge in [-0.15, -0.1) is 0 Å². The quantitative estimate of drug-likeness (QED) is 0.669. The van der Waals surface area contributed by atoms with Crippen LogP contribution in [-0.2, 0) is 4.74 Å². The van der Waals surface area contributed by atoms with Crippen molar-refractivity contribution in [3.05, 3.63) is 0 Å². The van der Waals surface area contributed by atoms with Crippen LogP contribution in [0.2, 0.25) is 0 Å². The Morgan fingerprint density at radius 1 is 1.14 bits per heavy atom. The SMILES string of the molecule is CCCC1CCC(NCC)C(CN(CCOC)C2CC2)C1. The minimum Gasteiger partial charge on any atom is -0.383 e. The summed E-state index contributed by atoms with van der Waals surface area (Å²) in [4.78, 5) is 2.72. The Bertz CT molecular complexity index is 280. The minimum atomic E-state index is 0.743. The average Bonchev–Trinajstić information content (AvgIpc) is 3.31. The van der Waals surface area contributed by atoms with Crippen molar-refractivity contribution >= 4 is 0 Å². The van der Waals surface area contributed by atoms with Crippen molar-refractivity contribution in [1.82, 2.24) is 10.2 Å². The van der Waals surface area contributed by atoms with E-state index in [9.17, 15) is 0 Å². The molecule has 0 spiro atoms. The van der Waals surface area contributed by atoms with Crippen molar-refractivity contribution in [1.29, 1.82) is 0 Å². The molecule has 2 fully saturated rings.